The minimum Gasteiger partial charge on any atom is -0.481 e. The van der Waals surface area contributed by atoms with Crippen molar-refractivity contribution >= 4 is 5.91 Å². The third-order valence-corrected chi connectivity index (χ3v) is 5.13. The molecule has 0 aliphatic heterocycles. The monoisotopic (exact) mass is 378 g/mol. The van der Waals surface area contributed by atoms with Crippen molar-refractivity contribution in [2.75, 3.05) is 7.11 Å². The number of aliphatic hydroxyl groups excluding tert-OH is 1. The van der Waals surface area contributed by atoms with E-state index in [0.29, 0.717) is 24.3 Å². The van der Waals surface area contributed by atoms with Gasteiger partial charge >= 0.3 is 0 Å². The molecule has 1 aromatic carbocycles. The molecule has 7 nitrogen and oxygen atoms in total. The largest absolute Gasteiger partial charge is 0.481 e. The first kappa shape index (κ1) is 18.2. The summed E-state index contributed by atoms with van der Waals surface area (Å²) in [5, 5.41) is 17.0. The molecule has 4 rings (SSSR count). The van der Waals surface area contributed by atoms with Crippen LogP contribution in [0.1, 0.15) is 34.8 Å². The van der Waals surface area contributed by atoms with E-state index < -0.39 is 0 Å². The van der Waals surface area contributed by atoms with E-state index in [1.54, 1.807) is 42.4 Å². The topological polar surface area (TPSA) is 89.3 Å². The van der Waals surface area contributed by atoms with Crippen LogP contribution in [-0.2, 0) is 0 Å². The molecule has 7 heteroatoms. The number of ether oxygens (including phenoxy) is 1. The molecule has 1 atom stereocenters. The van der Waals surface area contributed by atoms with Crippen molar-refractivity contribution in [3.05, 3.63) is 72.2 Å². The first-order valence-electron chi connectivity index (χ1n) is 9.23. The third kappa shape index (κ3) is 3.75. The van der Waals surface area contributed by atoms with Crippen LogP contribution >= 0.6 is 0 Å². The quantitative estimate of drug-likeness (QED) is 0.688. The molecule has 2 N–H and O–H groups in total. The van der Waals surface area contributed by atoms with Gasteiger partial charge in [-0.1, -0.05) is 6.07 Å². The summed E-state index contributed by atoms with van der Waals surface area (Å²) in [5.41, 5.74) is 2.36. The molecular formula is C21H22N4O3. The molecule has 1 aliphatic rings. The van der Waals surface area contributed by atoms with Gasteiger partial charge in [-0.05, 0) is 54.7 Å². The van der Waals surface area contributed by atoms with Crippen molar-refractivity contribution in [2.45, 2.75) is 25.0 Å². The zero-order valence-electron chi connectivity index (χ0n) is 15.5. The van der Waals surface area contributed by atoms with Crippen LogP contribution in [0.5, 0.6) is 5.88 Å². The zero-order valence-corrected chi connectivity index (χ0v) is 15.5. The number of nitrogens with one attached hydrogen (secondary N) is 1. The molecule has 1 fully saturated rings. The summed E-state index contributed by atoms with van der Waals surface area (Å²) < 4.78 is 6.85. The lowest BCUT2D eigenvalue weighted by Gasteiger charge is -2.38. The lowest BCUT2D eigenvalue weighted by atomic mass is 9.75. The van der Waals surface area contributed by atoms with E-state index in [4.69, 9.17) is 4.74 Å². The minimum absolute atomic E-state index is 0.158. The van der Waals surface area contributed by atoms with Gasteiger partial charge in [0.25, 0.3) is 5.91 Å². The number of carbonyl (C=O) groups excluding carboxylic acids is 1. The molecular weight excluding hydrogens is 356 g/mol. The number of aliphatic hydroxyl groups is 1. The Balaban J connectivity index is 1.51. The maximum Gasteiger partial charge on any atom is 0.251 e. The molecule has 0 saturated heterocycles. The van der Waals surface area contributed by atoms with E-state index in [1.807, 2.05) is 30.5 Å². The van der Waals surface area contributed by atoms with Crippen LogP contribution in [0.4, 0.5) is 0 Å². The van der Waals surface area contributed by atoms with Crippen molar-refractivity contribution < 1.29 is 14.6 Å². The smallest absolute Gasteiger partial charge is 0.251 e. The second kappa shape index (κ2) is 7.82. The number of hydrogen-bond acceptors (Lipinski definition) is 5. The molecule has 1 amide bonds. The summed E-state index contributed by atoms with van der Waals surface area (Å²) in [6.07, 6.45) is 6.30. The number of amides is 1. The van der Waals surface area contributed by atoms with Crippen molar-refractivity contribution in [2.24, 2.45) is 5.92 Å². The van der Waals surface area contributed by atoms with Crippen LogP contribution in [0.3, 0.4) is 0 Å². The van der Waals surface area contributed by atoms with Gasteiger partial charge in [-0.2, -0.15) is 5.10 Å². The Labute approximate surface area is 163 Å². The van der Waals surface area contributed by atoms with Crippen LogP contribution in [0.15, 0.2) is 61.1 Å². The van der Waals surface area contributed by atoms with Gasteiger partial charge in [-0.15, -0.1) is 0 Å². The highest BCUT2D eigenvalue weighted by atomic mass is 16.5. The first-order chi connectivity index (χ1) is 13.6. The van der Waals surface area contributed by atoms with E-state index >= 15 is 0 Å². The van der Waals surface area contributed by atoms with Gasteiger partial charge in [0.2, 0.25) is 5.88 Å². The van der Waals surface area contributed by atoms with Crippen molar-refractivity contribution in [3.63, 3.8) is 0 Å². The number of carbonyl (C=O) groups is 1. The Morgan fingerprint density at radius 2 is 2.04 bits per heavy atom. The molecule has 2 heterocycles. The fourth-order valence-electron chi connectivity index (χ4n) is 3.48. The highest BCUT2D eigenvalue weighted by molar-refractivity contribution is 5.94. The molecule has 144 valence electrons. The molecule has 2 aromatic heterocycles. The second-order valence-electron chi connectivity index (χ2n) is 6.97. The number of aromatic nitrogens is 3. The zero-order chi connectivity index (χ0) is 19.5. The van der Waals surface area contributed by atoms with Gasteiger partial charge in [-0.3, -0.25) is 4.79 Å². The molecule has 0 radical (unpaired) electrons. The Bertz CT molecular complexity index is 917. The normalized spacial score (nSPS) is 19.5. The lowest BCUT2D eigenvalue weighted by Crippen LogP contribution is -2.41. The molecule has 28 heavy (non-hydrogen) atoms. The van der Waals surface area contributed by atoms with Crippen LogP contribution < -0.4 is 10.1 Å². The maximum absolute atomic E-state index is 12.8. The van der Waals surface area contributed by atoms with Gasteiger partial charge in [0.05, 0.1) is 24.9 Å². The predicted molar refractivity (Wildman–Crippen MR) is 103 cm³/mol. The van der Waals surface area contributed by atoms with Crippen molar-refractivity contribution in [1.29, 1.82) is 0 Å². The fourth-order valence-corrected chi connectivity index (χ4v) is 3.48. The van der Waals surface area contributed by atoms with Gasteiger partial charge in [0, 0.05) is 30.2 Å². The molecule has 3 aromatic rings. The van der Waals surface area contributed by atoms with E-state index in [-0.39, 0.29) is 24.0 Å². The number of pyridine rings is 1. The van der Waals surface area contributed by atoms with E-state index in [0.717, 1.165) is 11.3 Å². The lowest BCUT2D eigenvalue weighted by molar-refractivity contribution is 0.0234. The third-order valence-electron chi connectivity index (χ3n) is 5.13. The predicted octanol–water partition coefficient (Wildman–Crippen LogP) is 2.52. The van der Waals surface area contributed by atoms with E-state index in [1.165, 1.54) is 0 Å². The van der Waals surface area contributed by atoms with Gasteiger partial charge in [0.1, 0.15) is 0 Å². The van der Waals surface area contributed by atoms with Gasteiger partial charge < -0.3 is 15.2 Å². The summed E-state index contributed by atoms with van der Waals surface area (Å²) in [6, 6.07) is 12.6. The molecule has 0 unspecified atom stereocenters. The highest BCUT2D eigenvalue weighted by Gasteiger charge is 2.36. The summed E-state index contributed by atoms with van der Waals surface area (Å²) in [7, 11) is 1.57. The highest BCUT2D eigenvalue weighted by Crippen LogP contribution is 2.38. The first-order valence-corrected chi connectivity index (χ1v) is 9.23. The average molecular weight is 378 g/mol. The number of nitrogens with zero attached hydrogens (tertiary/aromatic N) is 3. The van der Waals surface area contributed by atoms with Crippen molar-refractivity contribution in [3.8, 4) is 11.6 Å². The van der Waals surface area contributed by atoms with Gasteiger partial charge in [0.15, 0.2) is 0 Å². The number of methoxy groups -OCH3 is 1. The van der Waals surface area contributed by atoms with Crippen LogP contribution in [0.2, 0.25) is 0 Å². The Morgan fingerprint density at radius 1 is 1.25 bits per heavy atom. The summed E-state index contributed by atoms with van der Waals surface area (Å²) in [5.74, 6) is 0.545. The fraction of sp³-hybridized carbons (Fsp3) is 0.286. The van der Waals surface area contributed by atoms with Gasteiger partial charge in [-0.25, -0.2) is 9.67 Å². The van der Waals surface area contributed by atoms with E-state index in [2.05, 4.69) is 15.4 Å². The van der Waals surface area contributed by atoms with Crippen molar-refractivity contribution in [1.82, 2.24) is 20.1 Å². The Kier molecular flexibility index (Phi) is 5.08. The Hall–Kier alpha value is -3.19. The molecule has 1 aliphatic carbocycles. The molecule has 1 saturated carbocycles. The molecule has 0 bridgehead atoms. The standard InChI is InChI=1S/C21H22N4O3/c1-28-19-8-5-15(13-22-19)20(16-11-18(26)12-16)24-21(27)14-3-6-17(7-4-14)25-10-2-9-23-25/h2-10,13,16,18,20,26H,11-12H2,1H3,(H,24,27)/t16?,18?,20-/m0/s1. The van der Waals surface area contributed by atoms with Crippen LogP contribution in [0, 0.1) is 5.92 Å². The summed E-state index contributed by atoms with van der Waals surface area (Å²) >= 11 is 0. The molecule has 0 spiro atoms. The Morgan fingerprint density at radius 3 is 2.61 bits per heavy atom. The minimum atomic E-state index is -0.302. The number of benzene rings is 1. The summed E-state index contributed by atoms with van der Waals surface area (Å²) in [6.45, 7) is 0. The van der Waals surface area contributed by atoms with Crippen LogP contribution in [-0.4, -0.2) is 39.0 Å². The second-order valence-corrected chi connectivity index (χ2v) is 6.97. The maximum atomic E-state index is 12.8. The van der Waals surface area contributed by atoms with Crippen LogP contribution in [0.25, 0.3) is 5.69 Å². The van der Waals surface area contributed by atoms with E-state index in [9.17, 15) is 9.90 Å². The average Bonchev–Trinajstić information content (AvgIpc) is 3.25. The SMILES string of the molecule is COc1ccc([C@H](NC(=O)c2ccc(-n3cccn3)cc2)C2CC(O)C2)cn1. The number of rotatable bonds is 6. The summed E-state index contributed by atoms with van der Waals surface area (Å²) in [4.78, 5) is 17.1. The number of hydrogen-bond donors (Lipinski definition) is 2.